The topological polar surface area (TPSA) is 47.5 Å². The maximum atomic E-state index is 13.3. The lowest BCUT2D eigenvalue weighted by Gasteiger charge is -2.15. The van der Waals surface area contributed by atoms with E-state index >= 15 is 0 Å². The smallest absolute Gasteiger partial charge is 0.149 e. The molecule has 4 nitrogen and oxygen atoms in total. The molecule has 1 aromatic carbocycles. The van der Waals surface area contributed by atoms with Gasteiger partial charge in [0.15, 0.2) is 0 Å². The van der Waals surface area contributed by atoms with Gasteiger partial charge in [-0.1, -0.05) is 0 Å². The van der Waals surface area contributed by atoms with Crippen molar-refractivity contribution in [2.75, 3.05) is 51.7 Å². The number of rotatable bonds is 9. The van der Waals surface area contributed by atoms with Crippen molar-refractivity contribution in [3.05, 3.63) is 29.8 Å². The van der Waals surface area contributed by atoms with Crippen LogP contribution in [-0.4, -0.2) is 56.4 Å². The van der Waals surface area contributed by atoms with E-state index < -0.39 is 11.6 Å². The molecule has 108 valence electrons. The van der Waals surface area contributed by atoms with Crippen molar-refractivity contribution >= 4 is 5.69 Å². The molecule has 0 heterocycles. The van der Waals surface area contributed by atoms with Crippen LogP contribution in [0.25, 0.3) is 0 Å². The summed E-state index contributed by atoms with van der Waals surface area (Å²) in [6, 6.07) is 3.47. The fourth-order valence-corrected chi connectivity index (χ4v) is 1.60. The largest absolute Gasteiger partial charge is 0.395 e. The number of aliphatic hydroxyl groups is 1. The minimum absolute atomic E-state index is 0.155. The lowest BCUT2D eigenvalue weighted by molar-refractivity contribution is 0.222. The van der Waals surface area contributed by atoms with Gasteiger partial charge in [-0.25, -0.2) is 8.78 Å². The Morgan fingerprint density at radius 2 is 1.95 bits per heavy atom. The number of nitrogens with one attached hydrogen (secondary N) is 2. The summed E-state index contributed by atoms with van der Waals surface area (Å²) in [5, 5.41) is 14.8. The van der Waals surface area contributed by atoms with Gasteiger partial charge in [-0.15, -0.1) is 0 Å². The van der Waals surface area contributed by atoms with Crippen LogP contribution in [0.3, 0.4) is 0 Å². The lowest BCUT2D eigenvalue weighted by atomic mass is 10.3. The van der Waals surface area contributed by atoms with Gasteiger partial charge in [-0.3, -0.25) is 0 Å². The Kier molecular flexibility index (Phi) is 7.32. The highest BCUT2D eigenvalue weighted by Crippen LogP contribution is 2.14. The van der Waals surface area contributed by atoms with Crippen LogP contribution in [0.15, 0.2) is 18.2 Å². The van der Waals surface area contributed by atoms with Crippen LogP contribution in [0.1, 0.15) is 0 Å². The van der Waals surface area contributed by atoms with Crippen LogP contribution >= 0.6 is 0 Å². The van der Waals surface area contributed by atoms with Gasteiger partial charge in [-0.05, 0) is 19.2 Å². The third-order valence-corrected chi connectivity index (χ3v) is 2.70. The van der Waals surface area contributed by atoms with Crippen molar-refractivity contribution in [1.29, 1.82) is 0 Å². The molecule has 0 amide bonds. The molecule has 19 heavy (non-hydrogen) atoms. The molecule has 0 atom stereocenters. The van der Waals surface area contributed by atoms with Gasteiger partial charge in [0.1, 0.15) is 11.6 Å². The van der Waals surface area contributed by atoms with Gasteiger partial charge in [0.05, 0.1) is 12.3 Å². The number of hydrogen-bond donors (Lipinski definition) is 3. The molecule has 0 aromatic heterocycles. The van der Waals surface area contributed by atoms with Gasteiger partial charge in [0.2, 0.25) is 0 Å². The number of benzene rings is 1. The number of anilines is 1. The highest BCUT2D eigenvalue weighted by molar-refractivity contribution is 5.44. The van der Waals surface area contributed by atoms with E-state index in [-0.39, 0.29) is 6.61 Å². The standard InChI is InChI=1S/C13H21F2N3O/c1-18(8-9-19)7-6-16-4-5-17-13-3-2-11(14)10-12(13)15/h2-3,10,16-17,19H,4-9H2,1H3. The molecule has 0 bridgehead atoms. The van der Waals surface area contributed by atoms with Gasteiger partial charge in [0, 0.05) is 38.8 Å². The molecule has 1 aromatic rings. The molecule has 0 saturated carbocycles. The monoisotopic (exact) mass is 273 g/mol. The number of likely N-dealkylation sites (N-methyl/N-ethyl adjacent to an activating group) is 1. The maximum absolute atomic E-state index is 13.3. The van der Waals surface area contributed by atoms with Crippen molar-refractivity contribution in [3.8, 4) is 0 Å². The van der Waals surface area contributed by atoms with E-state index in [1.165, 1.54) is 12.1 Å². The summed E-state index contributed by atoms with van der Waals surface area (Å²) in [5.41, 5.74) is 0.306. The first-order chi connectivity index (χ1) is 9.13. The predicted molar refractivity (Wildman–Crippen MR) is 72.3 cm³/mol. The van der Waals surface area contributed by atoms with E-state index in [4.69, 9.17) is 5.11 Å². The SMILES string of the molecule is CN(CCO)CCNCCNc1ccc(F)cc1F. The van der Waals surface area contributed by atoms with Crippen LogP contribution in [-0.2, 0) is 0 Å². The van der Waals surface area contributed by atoms with E-state index in [0.29, 0.717) is 25.3 Å². The Bertz CT molecular complexity index is 377. The van der Waals surface area contributed by atoms with E-state index in [0.717, 1.165) is 19.2 Å². The van der Waals surface area contributed by atoms with Gasteiger partial charge < -0.3 is 20.6 Å². The van der Waals surface area contributed by atoms with Gasteiger partial charge >= 0.3 is 0 Å². The van der Waals surface area contributed by atoms with E-state index in [1.54, 1.807) is 0 Å². The molecule has 0 unspecified atom stereocenters. The van der Waals surface area contributed by atoms with E-state index in [1.807, 2.05) is 11.9 Å². The van der Waals surface area contributed by atoms with Crippen LogP contribution in [0.2, 0.25) is 0 Å². The zero-order chi connectivity index (χ0) is 14.1. The molecule has 0 radical (unpaired) electrons. The van der Waals surface area contributed by atoms with Crippen LogP contribution in [0.5, 0.6) is 0 Å². The summed E-state index contributed by atoms with van der Waals surface area (Å²) in [7, 11) is 1.93. The number of nitrogens with zero attached hydrogens (tertiary/aromatic N) is 1. The zero-order valence-electron chi connectivity index (χ0n) is 11.1. The summed E-state index contributed by atoms with van der Waals surface area (Å²) < 4.78 is 25.9. The van der Waals surface area contributed by atoms with Crippen LogP contribution < -0.4 is 10.6 Å². The Labute approximate surface area is 112 Å². The first-order valence-electron chi connectivity index (χ1n) is 6.32. The van der Waals surface area contributed by atoms with Crippen molar-refractivity contribution < 1.29 is 13.9 Å². The average Bonchev–Trinajstić information content (AvgIpc) is 2.36. The summed E-state index contributed by atoms with van der Waals surface area (Å²) in [4.78, 5) is 2.01. The molecule has 0 spiro atoms. The third-order valence-electron chi connectivity index (χ3n) is 2.70. The van der Waals surface area contributed by atoms with Crippen molar-refractivity contribution in [1.82, 2.24) is 10.2 Å². The Hall–Kier alpha value is -1.24. The molecule has 1 rings (SSSR count). The molecule has 3 N–H and O–H groups in total. The second-order valence-electron chi connectivity index (χ2n) is 4.33. The molecule has 6 heteroatoms. The molecular formula is C13H21F2N3O. The molecule has 0 saturated heterocycles. The van der Waals surface area contributed by atoms with Crippen LogP contribution in [0.4, 0.5) is 14.5 Å². The molecular weight excluding hydrogens is 252 g/mol. The molecule has 0 aliphatic carbocycles. The van der Waals surface area contributed by atoms with Gasteiger partial charge in [0.25, 0.3) is 0 Å². The van der Waals surface area contributed by atoms with E-state index in [2.05, 4.69) is 10.6 Å². The molecule has 0 aliphatic heterocycles. The molecule has 0 aliphatic rings. The first-order valence-corrected chi connectivity index (χ1v) is 6.32. The van der Waals surface area contributed by atoms with E-state index in [9.17, 15) is 8.78 Å². The number of hydrogen-bond acceptors (Lipinski definition) is 4. The fraction of sp³-hybridized carbons (Fsp3) is 0.538. The minimum atomic E-state index is -0.581. The van der Waals surface area contributed by atoms with Crippen molar-refractivity contribution in [3.63, 3.8) is 0 Å². The number of halogens is 2. The van der Waals surface area contributed by atoms with Crippen molar-refractivity contribution in [2.45, 2.75) is 0 Å². The quantitative estimate of drug-likeness (QED) is 0.585. The summed E-state index contributed by atoms with van der Waals surface area (Å²) in [6.07, 6.45) is 0. The summed E-state index contributed by atoms with van der Waals surface area (Å²) >= 11 is 0. The van der Waals surface area contributed by atoms with Gasteiger partial charge in [-0.2, -0.15) is 0 Å². The highest BCUT2D eigenvalue weighted by atomic mass is 19.1. The number of aliphatic hydroxyl groups excluding tert-OH is 1. The minimum Gasteiger partial charge on any atom is -0.395 e. The van der Waals surface area contributed by atoms with Crippen molar-refractivity contribution in [2.24, 2.45) is 0 Å². The second kappa shape index (κ2) is 8.79. The Morgan fingerprint density at radius 3 is 2.63 bits per heavy atom. The van der Waals surface area contributed by atoms with Crippen LogP contribution in [0, 0.1) is 11.6 Å². The summed E-state index contributed by atoms with van der Waals surface area (Å²) in [6.45, 7) is 3.69. The average molecular weight is 273 g/mol. The summed E-state index contributed by atoms with van der Waals surface area (Å²) in [5.74, 6) is -1.16. The predicted octanol–water partition coefficient (Wildman–Crippen LogP) is 0.890. The highest BCUT2D eigenvalue weighted by Gasteiger charge is 2.02. The fourth-order valence-electron chi connectivity index (χ4n) is 1.60. The molecule has 0 fully saturated rings. The second-order valence-corrected chi connectivity index (χ2v) is 4.33. The normalized spacial score (nSPS) is 11.0. The third kappa shape index (κ3) is 6.47. The maximum Gasteiger partial charge on any atom is 0.149 e. The first kappa shape index (κ1) is 15.8. The zero-order valence-corrected chi connectivity index (χ0v) is 11.1. The Morgan fingerprint density at radius 1 is 1.16 bits per heavy atom. The lowest BCUT2D eigenvalue weighted by Crippen LogP contribution is -2.33. The Balaban J connectivity index is 2.11.